The molecule has 2 nitrogen and oxygen atoms in total. The minimum atomic E-state index is -4.35. The highest BCUT2D eigenvalue weighted by Gasteiger charge is 2.30. The quantitative estimate of drug-likeness (QED) is 0.771. The summed E-state index contributed by atoms with van der Waals surface area (Å²) in [7, 11) is 0. The largest absolute Gasteiger partial charge is 0.445 e. The van der Waals surface area contributed by atoms with E-state index in [-0.39, 0.29) is 5.88 Å². The second kappa shape index (κ2) is 5.48. The van der Waals surface area contributed by atoms with Gasteiger partial charge in [0.2, 0.25) is 5.89 Å². The molecule has 0 aliphatic rings. The molecule has 0 fully saturated rings. The average molecular weight is 288 g/mol. The van der Waals surface area contributed by atoms with Crippen molar-refractivity contribution < 1.29 is 17.6 Å². The zero-order chi connectivity index (χ0) is 13.9. The standard InChI is InChI=1S/C13H9ClF3NO/c14-7-11-8-19-12(18-11)5-4-9-2-1-3-10(6-9)13(15,16)17/h1-6,8H,7H2/b5-4+. The molecule has 1 aromatic heterocycles. The van der Waals surface area contributed by atoms with Crippen LogP contribution in [0.1, 0.15) is 22.7 Å². The van der Waals surface area contributed by atoms with E-state index in [0.29, 0.717) is 17.1 Å². The molecule has 2 rings (SSSR count). The predicted octanol–water partition coefficient (Wildman–Crippen LogP) is 4.60. The fourth-order valence-corrected chi connectivity index (χ4v) is 1.57. The molecule has 0 N–H and O–H groups in total. The van der Waals surface area contributed by atoms with E-state index in [1.807, 2.05) is 0 Å². The first-order valence-corrected chi connectivity index (χ1v) is 5.88. The van der Waals surface area contributed by atoms with E-state index in [1.54, 1.807) is 6.07 Å². The minimum Gasteiger partial charge on any atom is -0.445 e. The molecule has 0 bridgehead atoms. The summed E-state index contributed by atoms with van der Waals surface area (Å²) in [5.41, 5.74) is 0.300. The molecule has 0 saturated heterocycles. The maximum absolute atomic E-state index is 12.5. The number of alkyl halides is 4. The number of aromatic nitrogens is 1. The van der Waals surface area contributed by atoms with Crippen molar-refractivity contribution in [2.45, 2.75) is 12.1 Å². The number of hydrogen-bond donors (Lipinski definition) is 0. The van der Waals surface area contributed by atoms with Gasteiger partial charge in [0.1, 0.15) is 6.26 Å². The maximum atomic E-state index is 12.5. The van der Waals surface area contributed by atoms with Crippen LogP contribution in [0.2, 0.25) is 0 Å². The molecule has 100 valence electrons. The Morgan fingerprint density at radius 1 is 1.26 bits per heavy atom. The first-order chi connectivity index (χ1) is 8.99. The molecule has 0 unspecified atom stereocenters. The molecular formula is C13H9ClF3NO. The summed E-state index contributed by atoms with van der Waals surface area (Å²) in [6.07, 6.45) is 0.0437. The number of oxazole rings is 1. The third-order valence-electron chi connectivity index (χ3n) is 2.34. The topological polar surface area (TPSA) is 26.0 Å². The van der Waals surface area contributed by atoms with Crippen molar-refractivity contribution in [3.63, 3.8) is 0 Å². The van der Waals surface area contributed by atoms with Crippen LogP contribution in [-0.2, 0) is 12.1 Å². The van der Waals surface area contributed by atoms with Crippen molar-refractivity contribution >= 4 is 23.8 Å². The van der Waals surface area contributed by atoms with Gasteiger partial charge < -0.3 is 4.42 Å². The summed E-state index contributed by atoms with van der Waals surface area (Å²) >= 11 is 5.56. The van der Waals surface area contributed by atoms with E-state index in [9.17, 15) is 13.2 Å². The molecule has 0 aliphatic heterocycles. The molecule has 0 atom stereocenters. The van der Waals surface area contributed by atoms with Crippen LogP contribution in [0.4, 0.5) is 13.2 Å². The van der Waals surface area contributed by atoms with Crippen LogP contribution in [0.25, 0.3) is 12.2 Å². The molecule has 6 heteroatoms. The third kappa shape index (κ3) is 3.61. The van der Waals surface area contributed by atoms with Crippen molar-refractivity contribution in [2.75, 3.05) is 0 Å². The van der Waals surface area contributed by atoms with Gasteiger partial charge in [0.15, 0.2) is 0 Å². The van der Waals surface area contributed by atoms with E-state index < -0.39 is 11.7 Å². The van der Waals surface area contributed by atoms with Gasteiger partial charge in [-0.1, -0.05) is 12.1 Å². The molecule has 0 aliphatic carbocycles. The van der Waals surface area contributed by atoms with Crippen molar-refractivity contribution in [3.05, 3.63) is 53.2 Å². The lowest BCUT2D eigenvalue weighted by molar-refractivity contribution is -0.137. The Hall–Kier alpha value is -1.75. The molecule has 2 aromatic rings. The van der Waals surface area contributed by atoms with Gasteiger partial charge in [-0.25, -0.2) is 4.98 Å². The molecule has 1 heterocycles. The Morgan fingerprint density at radius 2 is 2.05 bits per heavy atom. The van der Waals surface area contributed by atoms with Gasteiger partial charge in [-0.2, -0.15) is 13.2 Å². The van der Waals surface area contributed by atoms with Crippen molar-refractivity contribution in [3.8, 4) is 0 Å². The highest BCUT2D eigenvalue weighted by molar-refractivity contribution is 6.16. The van der Waals surface area contributed by atoms with E-state index in [0.717, 1.165) is 12.1 Å². The molecule has 0 radical (unpaired) electrons. The lowest BCUT2D eigenvalue weighted by Gasteiger charge is -2.06. The molecule has 19 heavy (non-hydrogen) atoms. The molecular weight excluding hydrogens is 279 g/mol. The second-order valence-corrected chi connectivity index (χ2v) is 4.03. The number of halogens is 4. The summed E-state index contributed by atoms with van der Waals surface area (Å²) in [5, 5.41) is 0. The first kappa shape index (κ1) is 13.7. The van der Waals surface area contributed by atoms with Gasteiger partial charge in [-0.05, 0) is 23.8 Å². The monoisotopic (exact) mass is 287 g/mol. The summed E-state index contributed by atoms with van der Waals surface area (Å²) in [6, 6.07) is 5.00. The fraction of sp³-hybridized carbons (Fsp3) is 0.154. The minimum absolute atomic E-state index is 0.223. The van der Waals surface area contributed by atoms with Gasteiger partial charge >= 0.3 is 6.18 Å². The predicted molar refractivity (Wildman–Crippen MR) is 66.4 cm³/mol. The Kier molecular flexibility index (Phi) is 3.95. The molecule has 0 saturated carbocycles. The Bertz CT molecular complexity index is 590. The maximum Gasteiger partial charge on any atom is 0.416 e. The van der Waals surface area contributed by atoms with Gasteiger partial charge in [0.25, 0.3) is 0 Å². The Morgan fingerprint density at radius 3 is 2.68 bits per heavy atom. The van der Waals surface area contributed by atoms with Crippen LogP contribution in [0.5, 0.6) is 0 Å². The summed E-state index contributed by atoms with van der Waals surface area (Å²) in [4.78, 5) is 4.01. The van der Waals surface area contributed by atoms with Gasteiger partial charge in [0, 0.05) is 6.08 Å². The second-order valence-electron chi connectivity index (χ2n) is 3.77. The number of nitrogens with zero attached hydrogens (tertiary/aromatic N) is 1. The van der Waals surface area contributed by atoms with Gasteiger partial charge in [-0.15, -0.1) is 11.6 Å². The lowest BCUT2D eigenvalue weighted by atomic mass is 10.1. The molecule has 1 aromatic carbocycles. The van der Waals surface area contributed by atoms with Crippen LogP contribution in [0.15, 0.2) is 34.9 Å². The molecule has 0 amide bonds. The van der Waals surface area contributed by atoms with E-state index in [1.165, 1.54) is 24.5 Å². The molecule has 0 spiro atoms. The smallest absolute Gasteiger partial charge is 0.416 e. The van der Waals surface area contributed by atoms with Gasteiger partial charge in [0.05, 0.1) is 17.1 Å². The first-order valence-electron chi connectivity index (χ1n) is 5.35. The highest BCUT2D eigenvalue weighted by atomic mass is 35.5. The number of rotatable bonds is 3. The summed E-state index contributed by atoms with van der Waals surface area (Å²) < 4.78 is 42.6. The van der Waals surface area contributed by atoms with Crippen molar-refractivity contribution in [2.24, 2.45) is 0 Å². The van der Waals surface area contributed by atoms with Crippen LogP contribution >= 0.6 is 11.6 Å². The lowest BCUT2D eigenvalue weighted by Crippen LogP contribution is -2.04. The summed E-state index contributed by atoms with van der Waals surface area (Å²) in [6.45, 7) is 0. The van der Waals surface area contributed by atoms with E-state index in [2.05, 4.69) is 4.98 Å². The van der Waals surface area contributed by atoms with Crippen LogP contribution in [0.3, 0.4) is 0 Å². The zero-order valence-electron chi connectivity index (χ0n) is 9.62. The Balaban J connectivity index is 2.19. The zero-order valence-corrected chi connectivity index (χ0v) is 10.4. The van der Waals surface area contributed by atoms with Crippen molar-refractivity contribution in [1.82, 2.24) is 4.98 Å². The highest BCUT2D eigenvalue weighted by Crippen LogP contribution is 2.29. The van der Waals surface area contributed by atoms with Gasteiger partial charge in [-0.3, -0.25) is 0 Å². The van der Waals surface area contributed by atoms with Crippen LogP contribution in [-0.4, -0.2) is 4.98 Å². The van der Waals surface area contributed by atoms with E-state index >= 15 is 0 Å². The van der Waals surface area contributed by atoms with E-state index in [4.69, 9.17) is 16.0 Å². The SMILES string of the molecule is FC(F)(F)c1cccc(/C=C/c2nc(CCl)co2)c1. The number of benzene rings is 1. The van der Waals surface area contributed by atoms with Crippen LogP contribution in [0, 0.1) is 0 Å². The van der Waals surface area contributed by atoms with Crippen molar-refractivity contribution in [1.29, 1.82) is 0 Å². The normalized spacial score (nSPS) is 12.2. The fourth-order valence-electron chi connectivity index (χ4n) is 1.45. The van der Waals surface area contributed by atoms with Crippen LogP contribution < -0.4 is 0 Å². The average Bonchev–Trinajstić information content (AvgIpc) is 2.84. The number of hydrogen-bond acceptors (Lipinski definition) is 2. The third-order valence-corrected chi connectivity index (χ3v) is 2.61. The summed E-state index contributed by atoms with van der Waals surface area (Å²) in [5.74, 6) is 0.522. The Labute approximate surface area is 112 Å².